The van der Waals surface area contributed by atoms with E-state index < -0.39 is 0 Å². The number of benzene rings is 1. The van der Waals surface area contributed by atoms with Gasteiger partial charge in [0, 0.05) is 42.8 Å². The zero-order chi connectivity index (χ0) is 14.1. The van der Waals surface area contributed by atoms with E-state index in [2.05, 4.69) is 57.0 Å². The van der Waals surface area contributed by atoms with Gasteiger partial charge in [-0.3, -0.25) is 4.90 Å². The van der Waals surface area contributed by atoms with E-state index in [0.29, 0.717) is 6.04 Å². The largest absolute Gasteiger partial charge is 0.361 e. The molecule has 6 heteroatoms. The van der Waals surface area contributed by atoms with E-state index >= 15 is 0 Å². The van der Waals surface area contributed by atoms with Crippen LogP contribution < -0.4 is 5.32 Å². The third-order valence-electron chi connectivity index (χ3n) is 4.22. The summed E-state index contributed by atoms with van der Waals surface area (Å²) in [6, 6.07) is 13.7. The van der Waals surface area contributed by atoms with Crippen LogP contribution >= 0.6 is 36.2 Å². The number of thiophene rings is 1. The third kappa shape index (κ3) is 3.73. The molecule has 3 heterocycles. The molecule has 1 aliphatic heterocycles. The minimum absolute atomic E-state index is 0. The van der Waals surface area contributed by atoms with Crippen LogP contribution in [0.1, 0.15) is 16.5 Å². The number of fused-ring (bicyclic) bond motifs is 1. The maximum atomic E-state index is 3.45. The van der Waals surface area contributed by atoms with Gasteiger partial charge in [0.25, 0.3) is 0 Å². The minimum atomic E-state index is 0. The van der Waals surface area contributed by atoms with Crippen molar-refractivity contribution >= 4 is 47.1 Å². The number of nitrogens with zero attached hydrogens (tertiary/aromatic N) is 1. The van der Waals surface area contributed by atoms with Gasteiger partial charge in [0.15, 0.2) is 0 Å². The Labute approximate surface area is 152 Å². The molecule has 1 aliphatic rings. The molecule has 0 bridgehead atoms. The first-order valence-corrected chi connectivity index (χ1v) is 8.35. The number of H-pyrrole nitrogens is 1. The van der Waals surface area contributed by atoms with E-state index in [1.165, 1.54) is 21.3 Å². The molecule has 23 heavy (non-hydrogen) atoms. The van der Waals surface area contributed by atoms with Gasteiger partial charge in [-0.2, -0.15) is 0 Å². The Kier molecular flexibility index (Phi) is 6.50. The maximum absolute atomic E-state index is 3.45. The molecule has 0 saturated carbocycles. The first kappa shape index (κ1) is 18.3. The number of rotatable bonds is 3. The van der Waals surface area contributed by atoms with E-state index in [1.807, 2.05) is 17.5 Å². The summed E-state index contributed by atoms with van der Waals surface area (Å²) < 4.78 is 0. The monoisotopic (exact) mass is 369 g/mol. The molecule has 2 aromatic heterocycles. The van der Waals surface area contributed by atoms with Crippen molar-refractivity contribution in [3.8, 4) is 0 Å². The molecule has 1 atom stereocenters. The van der Waals surface area contributed by atoms with Gasteiger partial charge in [-0.1, -0.05) is 18.2 Å². The first-order valence-electron chi connectivity index (χ1n) is 7.47. The SMILES string of the molecule is Cl.Cl.c1csc([C@H](c2ccc3cc[nH]c3c2)N2CCNCC2)c1. The number of aromatic amines is 1. The molecule has 0 aliphatic carbocycles. The number of nitrogens with one attached hydrogen (secondary N) is 2. The summed E-state index contributed by atoms with van der Waals surface area (Å²) in [6.07, 6.45) is 2.01. The molecule has 2 N–H and O–H groups in total. The van der Waals surface area contributed by atoms with E-state index in [4.69, 9.17) is 0 Å². The van der Waals surface area contributed by atoms with Crippen molar-refractivity contribution in [3.63, 3.8) is 0 Å². The minimum Gasteiger partial charge on any atom is -0.361 e. The summed E-state index contributed by atoms with van der Waals surface area (Å²) in [4.78, 5) is 7.36. The molecular formula is C17H21Cl2N3S. The molecule has 124 valence electrons. The highest BCUT2D eigenvalue weighted by molar-refractivity contribution is 7.10. The van der Waals surface area contributed by atoms with Gasteiger partial charge in [0.1, 0.15) is 0 Å². The fraction of sp³-hybridized carbons (Fsp3) is 0.294. The predicted octanol–water partition coefficient (Wildman–Crippen LogP) is 4.07. The number of hydrogen-bond acceptors (Lipinski definition) is 3. The molecule has 0 unspecified atom stereocenters. The Morgan fingerprint density at radius 3 is 2.61 bits per heavy atom. The summed E-state index contributed by atoms with van der Waals surface area (Å²) in [5, 5.41) is 6.91. The Balaban J connectivity index is 0.000000960. The zero-order valence-corrected chi connectivity index (χ0v) is 15.1. The lowest BCUT2D eigenvalue weighted by Gasteiger charge is -2.34. The standard InChI is InChI=1S/C17H19N3S.2ClH/c1-2-16(21-11-1)17(20-9-7-18-8-10-20)14-4-3-13-5-6-19-15(13)12-14;;/h1-6,11-12,17-19H,7-10H2;2*1H/t17-;;/m0../s1. The van der Waals surface area contributed by atoms with Crippen LogP contribution in [-0.4, -0.2) is 36.1 Å². The van der Waals surface area contributed by atoms with E-state index in [1.54, 1.807) is 0 Å². The van der Waals surface area contributed by atoms with Gasteiger partial charge in [-0.05, 0) is 34.5 Å². The van der Waals surface area contributed by atoms with Crippen molar-refractivity contribution in [2.24, 2.45) is 0 Å². The maximum Gasteiger partial charge on any atom is 0.0697 e. The second-order valence-corrected chi connectivity index (χ2v) is 6.51. The fourth-order valence-electron chi connectivity index (χ4n) is 3.18. The van der Waals surface area contributed by atoms with Gasteiger partial charge in [-0.25, -0.2) is 0 Å². The number of hydrogen-bond donors (Lipinski definition) is 2. The van der Waals surface area contributed by atoms with Crippen LogP contribution in [0.15, 0.2) is 48.0 Å². The summed E-state index contributed by atoms with van der Waals surface area (Å²) in [7, 11) is 0. The Bertz CT molecular complexity index is 720. The van der Waals surface area contributed by atoms with Crippen LogP contribution in [0.3, 0.4) is 0 Å². The number of aromatic nitrogens is 1. The van der Waals surface area contributed by atoms with Crippen LogP contribution in [0.5, 0.6) is 0 Å². The highest BCUT2D eigenvalue weighted by Crippen LogP contribution is 2.33. The highest BCUT2D eigenvalue weighted by Gasteiger charge is 2.24. The molecule has 0 amide bonds. The number of piperazine rings is 1. The Morgan fingerprint density at radius 1 is 1.04 bits per heavy atom. The summed E-state index contributed by atoms with van der Waals surface area (Å²) in [6.45, 7) is 4.36. The number of halogens is 2. The van der Waals surface area contributed by atoms with Crippen LogP contribution in [0, 0.1) is 0 Å². The molecule has 0 radical (unpaired) electrons. The molecule has 3 aromatic rings. The van der Waals surface area contributed by atoms with Crippen molar-refractivity contribution in [1.82, 2.24) is 15.2 Å². The fourth-order valence-corrected chi connectivity index (χ4v) is 4.06. The first-order chi connectivity index (χ1) is 10.4. The molecule has 4 rings (SSSR count). The molecular weight excluding hydrogens is 349 g/mol. The lowest BCUT2D eigenvalue weighted by Crippen LogP contribution is -2.45. The van der Waals surface area contributed by atoms with Crippen molar-refractivity contribution < 1.29 is 0 Å². The summed E-state index contributed by atoms with van der Waals surface area (Å²) in [5.74, 6) is 0. The molecule has 0 spiro atoms. The lowest BCUT2D eigenvalue weighted by atomic mass is 10.0. The van der Waals surface area contributed by atoms with Gasteiger partial charge in [0.2, 0.25) is 0 Å². The molecule has 1 fully saturated rings. The van der Waals surface area contributed by atoms with Crippen LogP contribution in [0.25, 0.3) is 10.9 Å². The van der Waals surface area contributed by atoms with E-state index in [0.717, 1.165) is 26.2 Å². The van der Waals surface area contributed by atoms with Gasteiger partial charge >= 0.3 is 0 Å². The van der Waals surface area contributed by atoms with Gasteiger partial charge < -0.3 is 10.3 Å². The highest BCUT2D eigenvalue weighted by atomic mass is 35.5. The van der Waals surface area contributed by atoms with Gasteiger partial charge in [-0.15, -0.1) is 36.2 Å². The van der Waals surface area contributed by atoms with Crippen molar-refractivity contribution in [2.75, 3.05) is 26.2 Å². The van der Waals surface area contributed by atoms with Crippen molar-refractivity contribution in [2.45, 2.75) is 6.04 Å². The van der Waals surface area contributed by atoms with Crippen LogP contribution in [0.2, 0.25) is 0 Å². The summed E-state index contributed by atoms with van der Waals surface area (Å²) >= 11 is 1.85. The molecule has 1 aromatic carbocycles. The Morgan fingerprint density at radius 2 is 1.87 bits per heavy atom. The molecule has 1 saturated heterocycles. The average Bonchev–Trinajstić information content (AvgIpc) is 3.19. The zero-order valence-electron chi connectivity index (χ0n) is 12.7. The topological polar surface area (TPSA) is 31.1 Å². The van der Waals surface area contributed by atoms with Crippen molar-refractivity contribution in [1.29, 1.82) is 0 Å². The smallest absolute Gasteiger partial charge is 0.0697 e. The predicted molar refractivity (Wildman–Crippen MR) is 103 cm³/mol. The van der Waals surface area contributed by atoms with Crippen LogP contribution in [-0.2, 0) is 0 Å². The Hall–Kier alpha value is -1.04. The van der Waals surface area contributed by atoms with Crippen molar-refractivity contribution in [3.05, 3.63) is 58.4 Å². The second kappa shape index (κ2) is 8.18. The average molecular weight is 370 g/mol. The van der Waals surface area contributed by atoms with E-state index in [-0.39, 0.29) is 24.8 Å². The van der Waals surface area contributed by atoms with Crippen LogP contribution in [0.4, 0.5) is 0 Å². The normalized spacial score (nSPS) is 16.5. The quantitative estimate of drug-likeness (QED) is 0.728. The molecule has 3 nitrogen and oxygen atoms in total. The second-order valence-electron chi connectivity index (χ2n) is 5.53. The lowest BCUT2D eigenvalue weighted by molar-refractivity contribution is 0.201. The van der Waals surface area contributed by atoms with Gasteiger partial charge in [0.05, 0.1) is 6.04 Å². The third-order valence-corrected chi connectivity index (χ3v) is 5.15. The summed E-state index contributed by atoms with van der Waals surface area (Å²) in [5.41, 5.74) is 2.61. The van der Waals surface area contributed by atoms with E-state index in [9.17, 15) is 0 Å².